The number of carbonyl (C=O) groups excluding carboxylic acids is 1. The van der Waals surface area contributed by atoms with Crippen LogP contribution in [0.4, 0.5) is 0 Å². The number of carboxylic acids is 1. The number of carboxylic acid groups (broad SMARTS) is 1. The normalized spacial score (nSPS) is 13.2. The van der Waals surface area contributed by atoms with E-state index in [4.69, 9.17) is 0 Å². The molecule has 2 heteroatoms. The van der Waals surface area contributed by atoms with Gasteiger partial charge < -0.3 is 9.90 Å². The maximum atomic E-state index is 10.2. The van der Waals surface area contributed by atoms with Crippen LogP contribution in [0, 0.1) is 0 Å². The van der Waals surface area contributed by atoms with E-state index in [2.05, 4.69) is 19.9 Å². The van der Waals surface area contributed by atoms with Gasteiger partial charge in [-0.2, -0.15) is 0 Å². The highest BCUT2D eigenvalue weighted by atomic mass is 16.4. The first kappa shape index (κ1) is 11.9. The highest BCUT2D eigenvalue weighted by molar-refractivity contribution is 5.78. The van der Waals surface area contributed by atoms with Crippen LogP contribution in [0.3, 0.4) is 0 Å². The van der Waals surface area contributed by atoms with Crippen LogP contribution in [0.25, 0.3) is 0 Å². The Bertz CT molecular complexity index is 224. The van der Waals surface area contributed by atoms with Gasteiger partial charge in [0.05, 0.1) is 5.97 Å². The predicted octanol–water partition coefficient (Wildman–Crippen LogP) is 1.82. The Hall–Kier alpha value is -1.05. The molecule has 0 radical (unpaired) electrons. The number of hydrogen-bond acceptors (Lipinski definition) is 2. The molecule has 0 rings (SSSR count). The third-order valence-corrected chi connectivity index (χ3v) is 1.95. The Kier molecular flexibility index (Phi) is 5.94. The molecule has 0 saturated heterocycles. The van der Waals surface area contributed by atoms with Crippen LogP contribution >= 0.6 is 0 Å². The first-order valence-corrected chi connectivity index (χ1v) is 4.60. The molecule has 2 nitrogen and oxygen atoms in total. The molecule has 74 valence electrons. The summed E-state index contributed by atoms with van der Waals surface area (Å²) in [6.07, 6.45) is 6.07. The number of allylic oxidation sites excluding steroid dienone is 3. The first-order valence-electron chi connectivity index (χ1n) is 4.60. The van der Waals surface area contributed by atoms with Crippen molar-refractivity contribution in [1.82, 2.24) is 0 Å². The molecule has 0 saturated carbocycles. The first-order chi connectivity index (χ1) is 6.06. The summed E-state index contributed by atoms with van der Waals surface area (Å²) in [6, 6.07) is 0. The van der Waals surface area contributed by atoms with E-state index in [0.717, 1.165) is 30.9 Å². The minimum Gasteiger partial charge on any atom is -0.545 e. The minimum atomic E-state index is -1.10. The Balaban J connectivity index is 3.83. The van der Waals surface area contributed by atoms with Gasteiger partial charge in [0.2, 0.25) is 0 Å². The van der Waals surface area contributed by atoms with Gasteiger partial charge >= 0.3 is 0 Å². The van der Waals surface area contributed by atoms with E-state index in [1.165, 1.54) is 5.57 Å². The lowest BCUT2D eigenvalue weighted by Crippen LogP contribution is -2.19. The SMILES string of the molecule is CCC(C)=CCC/C(C)=C/C(=O)[O-]. The van der Waals surface area contributed by atoms with E-state index in [0.29, 0.717) is 0 Å². The summed E-state index contributed by atoms with van der Waals surface area (Å²) >= 11 is 0. The van der Waals surface area contributed by atoms with Crippen LogP contribution in [0.5, 0.6) is 0 Å². The standard InChI is InChI=1S/C11H18O2/c1-4-9(2)6-5-7-10(3)8-11(12)13/h6,8H,4-5,7H2,1-3H3,(H,12,13)/p-1/b9-6?,10-8+. The van der Waals surface area contributed by atoms with E-state index < -0.39 is 5.97 Å². The molecule has 0 heterocycles. The summed E-state index contributed by atoms with van der Waals surface area (Å²) in [5.74, 6) is -1.10. The Labute approximate surface area is 80.0 Å². The molecule has 0 amide bonds. The summed E-state index contributed by atoms with van der Waals surface area (Å²) in [5, 5.41) is 10.2. The van der Waals surface area contributed by atoms with E-state index in [9.17, 15) is 9.90 Å². The summed E-state index contributed by atoms with van der Waals surface area (Å²) in [5.41, 5.74) is 2.21. The van der Waals surface area contributed by atoms with Crippen LogP contribution < -0.4 is 5.11 Å². The maximum Gasteiger partial charge on any atom is 0.0642 e. The quantitative estimate of drug-likeness (QED) is 0.479. The van der Waals surface area contributed by atoms with E-state index in [-0.39, 0.29) is 0 Å². The fourth-order valence-corrected chi connectivity index (χ4v) is 0.964. The molecular weight excluding hydrogens is 164 g/mol. The molecule has 0 aliphatic heterocycles. The van der Waals surface area contributed by atoms with Crippen molar-refractivity contribution in [2.24, 2.45) is 0 Å². The van der Waals surface area contributed by atoms with Crippen molar-refractivity contribution < 1.29 is 9.90 Å². The molecule has 0 aromatic rings. The molecule has 0 unspecified atom stereocenters. The van der Waals surface area contributed by atoms with E-state index in [1.807, 2.05) is 6.92 Å². The molecular formula is C11H17O2-. The van der Waals surface area contributed by atoms with Gasteiger partial charge in [-0.05, 0) is 39.2 Å². The number of rotatable bonds is 5. The second-order valence-electron chi connectivity index (χ2n) is 3.25. The van der Waals surface area contributed by atoms with Crippen molar-refractivity contribution in [2.45, 2.75) is 40.0 Å². The highest BCUT2D eigenvalue weighted by Gasteiger charge is 1.89. The van der Waals surface area contributed by atoms with Gasteiger partial charge in [0, 0.05) is 0 Å². The summed E-state index contributed by atoms with van der Waals surface area (Å²) in [7, 11) is 0. The predicted molar refractivity (Wildman–Crippen MR) is 52.0 cm³/mol. The zero-order valence-electron chi connectivity index (χ0n) is 8.59. The molecule has 0 spiro atoms. The van der Waals surface area contributed by atoms with Crippen LogP contribution in [-0.2, 0) is 4.79 Å². The number of hydrogen-bond donors (Lipinski definition) is 0. The summed E-state index contributed by atoms with van der Waals surface area (Å²) in [6.45, 7) is 6.00. The molecule has 0 aliphatic carbocycles. The van der Waals surface area contributed by atoms with Crippen LogP contribution in [-0.4, -0.2) is 5.97 Å². The molecule has 13 heavy (non-hydrogen) atoms. The lowest BCUT2D eigenvalue weighted by molar-refractivity contribution is -0.297. The van der Waals surface area contributed by atoms with E-state index >= 15 is 0 Å². The van der Waals surface area contributed by atoms with Crippen LogP contribution in [0.15, 0.2) is 23.3 Å². The van der Waals surface area contributed by atoms with Crippen molar-refractivity contribution in [3.8, 4) is 0 Å². The average molecular weight is 181 g/mol. The van der Waals surface area contributed by atoms with Crippen molar-refractivity contribution >= 4 is 5.97 Å². The highest BCUT2D eigenvalue weighted by Crippen LogP contribution is 2.07. The largest absolute Gasteiger partial charge is 0.545 e. The van der Waals surface area contributed by atoms with Crippen molar-refractivity contribution in [3.05, 3.63) is 23.3 Å². The molecule has 0 aromatic carbocycles. The fraction of sp³-hybridized carbons (Fsp3) is 0.545. The topological polar surface area (TPSA) is 40.1 Å². The van der Waals surface area contributed by atoms with Gasteiger partial charge in [0.1, 0.15) is 0 Å². The zero-order valence-corrected chi connectivity index (χ0v) is 8.59. The molecule has 0 atom stereocenters. The van der Waals surface area contributed by atoms with Gasteiger partial charge in [-0.3, -0.25) is 0 Å². The Morgan fingerprint density at radius 1 is 1.31 bits per heavy atom. The second-order valence-corrected chi connectivity index (χ2v) is 3.25. The lowest BCUT2D eigenvalue weighted by Gasteiger charge is -2.00. The van der Waals surface area contributed by atoms with Crippen LogP contribution in [0.1, 0.15) is 40.0 Å². The summed E-state index contributed by atoms with van der Waals surface area (Å²) < 4.78 is 0. The zero-order chi connectivity index (χ0) is 10.3. The average Bonchev–Trinajstić information content (AvgIpc) is 2.02. The molecule has 0 aromatic heterocycles. The lowest BCUT2D eigenvalue weighted by atomic mass is 10.1. The second kappa shape index (κ2) is 6.46. The van der Waals surface area contributed by atoms with Gasteiger partial charge in [0.15, 0.2) is 0 Å². The minimum absolute atomic E-state index is 0.797. The van der Waals surface area contributed by atoms with E-state index in [1.54, 1.807) is 0 Å². The number of aliphatic carboxylic acids is 1. The Morgan fingerprint density at radius 2 is 1.92 bits per heavy atom. The van der Waals surface area contributed by atoms with Gasteiger partial charge in [0.25, 0.3) is 0 Å². The monoisotopic (exact) mass is 181 g/mol. The number of carbonyl (C=O) groups is 1. The Morgan fingerprint density at radius 3 is 2.38 bits per heavy atom. The third kappa shape index (κ3) is 7.32. The summed E-state index contributed by atoms with van der Waals surface area (Å²) in [4.78, 5) is 10.2. The van der Waals surface area contributed by atoms with Gasteiger partial charge in [-0.25, -0.2) is 0 Å². The van der Waals surface area contributed by atoms with Crippen molar-refractivity contribution in [3.63, 3.8) is 0 Å². The van der Waals surface area contributed by atoms with Gasteiger partial charge in [-0.1, -0.05) is 24.1 Å². The van der Waals surface area contributed by atoms with Crippen LogP contribution in [0.2, 0.25) is 0 Å². The van der Waals surface area contributed by atoms with Gasteiger partial charge in [-0.15, -0.1) is 0 Å². The molecule has 0 fully saturated rings. The van der Waals surface area contributed by atoms with Crippen molar-refractivity contribution in [2.75, 3.05) is 0 Å². The maximum absolute atomic E-state index is 10.2. The smallest absolute Gasteiger partial charge is 0.0642 e. The third-order valence-electron chi connectivity index (χ3n) is 1.95. The fourth-order valence-electron chi connectivity index (χ4n) is 0.964. The van der Waals surface area contributed by atoms with Crippen molar-refractivity contribution in [1.29, 1.82) is 0 Å². The molecule has 0 N–H and O–H groups in total. The molecule has 0 aliphatic rings. The molecule has 0 bridgehead atoms.